The molecule has 0 aliphatic rings. The van der Waals surface area contributed by atoms with Crippen molar-refractivity contribution in [3.05, 3.63) is 104 Å². The highest BCUT2D eigenvalue weighted by Gasteiger charge is 2.14. The quantitative estimate of drug-likeness (QED) is 0.276. The molecule has 3 aromatic carbocycles. The largest absolute Gasteiger partial charge is 0.497 e. The van der Waals surface area contributed by atoms with Crippen LogP contribution in [0.3, 0.4) is 0 Å². The molecule has 0 spiro atoms. The summed E-state index contributed by atoms with van der Waals surface area (Å²) in [7, 11) is 1.61. The molecule has 0 bridgehead atoms. The van der Waals surface area contributed by atoms with Crippen molar-refractivity contribution in [2.75, 3.05) is 7.11 Å². The first-order valence-electron chi connectivity index (χ1n) is 10.1. The fourth-order valence-electron chi connectivity index (χ4n) is 3.67. The maximum absolute atomic E-state index is 12.7. The summed E-state index contributed by atoms with van der Waals surface area (Å²) in [6.07, 6.45) is 0. The summed E-state index contributed by atoms with van der Waals surface area (Å²) >= 11 is 3.42. The molecule has 5 aromatic rings. The predicted octanol–water partition coefficient (Wildman–Crippen LogP) is 5.92. The number of ether oxygens (including phenoxy) is 2. The van der Waals surface area contributed by atoms with Crippen molar-refractivity contribution >= 4 is 37.9 Å². The van der Waals surface area contributed by atoms with Crippen LogP contribution in [0.25, 0.3) is 33.1 Å². The second-order valence-electron chi connectivity index (χ2n) is 7.41. The zero-order valence-corrected chi connectivity index (χ0v) is 19.0. The van der Waals surface area contributed by atoms with E-state index in [1.165, 1.54) is 6.07 Å². The van der Waals surface area contributed by atoms with E-state index in [9.17, 15) is 9.59 Å². The zero-order valence-electron chi connectivity index (χ0n) is 17.5. The van der Waals surface area contributed by atoms with Crippen LogP contribution in [0, 0.1) is 0 Å². The molecule has 0 saturated carbocycles. The minimum Gasteiger partial charge on any atom is -0.497 e. The van der Waals surface area contributed by atoms with E-state index in [2.05, 4.69) is 15.9 Å². The highest BCUT2D eigenvalue weighted by molar-refractivity contribution is 9.10. The predicted molar refractivity (Wildman–Crippen MR) is 129 cm³/mol. The molecule has 0 N–H and O–H groups in total. The van der Waals surface area contributed by atoms with Crippen molar-refractivity contribution in [2.24, 2.45) is 0 Å². The van der Waals surface area contributed by atoms with Gasteiger partial charge in [-0.3, -0.25) is 0 Å². The zero-order chi connectivity index (χ0) is 22.9. The van der Waals surface area contributed by atoms with E-state index in [1.54, 1.807) is 43.5 Å². The molecule has 2 heterocycles. The number of rotatable bonds is 5. The van der Waals surface area contributed by atoms with Crippen LogP contribution in [0.1, 0.15) is 5.56 Å². The Bertz CT molecular complexity index is 1620. The topological polar surface area (TPSA) is 78.9 Å². The van der Waals surface area contributed by atoms with Gasteiger partial charge in [-0.25, -0.2) is 9.59 Å². The van der Waals surface area contributed by atoms with E-state index in [0.29, 0.717) is 34.5 Å². The Morgan fingerprint density at radius 2 is 1.70 bits per heavy atom. The first-order valence-corrected chi connectivity index (χ1v) is 10.9. The average molecular weight is 505 g/mol. The third-order valence-corrected chi connectivity index (χ3v) is 5.73. The molecule has 0 aliphatic carbocycles. The minimum absolute atomic E-state index is 0.281. The molecule has 6 nitrogen and oxygen atoms in total. The monoisotopic (exact) mass is 504 g/mol. The van der Waals surface area contributed by atoms with Crippen LogP contribution in [0.2, 0.25) is 0 Å². The van der Waals surface area contributed by atoms with Gasteiger partial charge < -0.3 is 18.3 Å². The van der Waals surface area contributed by atoms with E-state index in [1.807, 2.05) is 30.3 Å². The summed E-state index contributed by atoms with van der Waals surface area (Å²) in [6.45, 7) is 0.315. The van der Waals surface area contributed by atoms with E-state index in [4.69, 9.17) is 18.3 Å². The second-order valence-corrected chi connectivity index (χ2v) is 8.32. The second kappa shape index (κ2) is 8.60. The van der Waals surface area contributed by atoms with Crippen LogP contribution in [-0.4, -0.2) is 7.11 Å². The van der Waals surface area contributed by atoms with Crippen LogP contribution >= 0.6 is 15.9 Å². The smallest absolute Gasteiger partial charge is 0.344 e. The number of halogens is 1. The summed E-state index contributed by atoms with van der Waals surface area (Å²) in [6, 6.07) is 21.1. The van der Waals surface area contributed by atoms with Crippen molar-refractivity contribution in [1.29, 1.82) is 0 Å². The molecule has 0 aliphatic heterocycles. The summed E-state index contributed by atoms with van der Waals surface area (Å²) in [4.78, 5) is 25.0. The molecule has 7 heteroatoms. The number of hydrogen-bond acceptors (Lipinski definition) is 6. The fourth-order valence-corrected chi connectivity index (χ4v) is 4.05. The molecule has 0 atom stereocenters. The lowest BCUT2D eigenvalue weighted by molar-refractivity contribution is 0.305. The Morgan fingerprint density at radius 3 is 2.55 bits per heavy atom. The Balaban J connectivity index is 1.55. The van der Waals surface area contributed by atoms with Gasteiger partial charge in [0.15, 0.2) is 0 Å². The van der Waals surface area contributed by atoms with Crippen molar-refractivity contribution in [3.63, 3.8) is 0 Å². The summed E-state index contributed by atoms with van der Waals surface area (Å²) in [5.41, 5.74) is 1.33. The van der Waals surface area contributed by atoms with Gasteiger partial charge in [0.1, 0.15) is 29.3 Å². The molecule has 5 rings (SSSR count). The molecular weight excluding hydrogens is 488 g/mol. The van der Waals surface area contributed by atoms with Gasteiger partial charge in [0.05, 0.1) is 12.7 Å². The maximum atomic E-state index is 12.7. The lowest BCUT2D eigenvalue weighted by Gasteiger charge is -2.10. The molecule has 0 fully saturated rings. The maximum Gasteiger partial charge on any atom is 0.344 e. The standard InChI is InChI=1S/C26H17BrO6/c1-30-18-4-2-3-15(9-18)14-31-19-6-7-20-21(13-25(28)32-24(20)12-19)22-11-16-10-17(27)5-8-23(16)33-26(22)29/h2-13H,14H2,1H3. The third kappa shape index (κ3) is 4.27. The number of methoxy groups -OCH3 is 1. The first-order chi connectivity index (χ1) is 16.0. The van der Waals surface area contributed by atoms with E-state index in [0.717, 1.165) is 21.2 Å². The van der Waals surface area contributed by atoms with Gasteiger partial charge in [-0.15, -0.1) is 0 Å². The van der Waals surface area contributed by atoms with Crippen molar-refractivity contribution < 1.29 is 18.3 Å². The normalized spacial score (nSPS) is 11.1. The fraction of sp³-hybridized carbons (Fsp3) is 0.0769. The molecular formula is C26H17BrO6. The van der Waals surface area contributed by atoms with Gasteiger partial charge in [0.25, 0.3) is 0 Å². The van der Waals surface area contributed by atoms with E-state index >= 15 is 0 Å². The van der Waals surface area contributed by atoms with Gasteiger partial charge in [-0.1, -0.05) is 28.1 Å². The Hall–Kier alpha value is -3.84. The van der Waals surface area contributed by atoms with Crippen LogP contribution in [-0.2, 0) is 6.61 Å². The summed E-state index contributed by atoms with van der Waals surface area (Å²) in [5.74, 6) is 1.27. The minimum atomic E-state index is -0.573. The molecule has 33 heavy (non-hydrogen) atoms. The average Bonchev–Trinajstić information content (AvgIpc) is 2.82. The van der Waals surface area contributed by atoms with E-state index in [-0.39, 0.29) is 5.56 Å². The molecule has 0 unspecified atom stereocenters. The first kappa shape index (κ1) is 21.0. The number of hydrogen-bond donors (Lipinski definition) is 0. The van der Waals surface area contributed by atoms with Gasteiger partial charge in [-0.05, 0) is 54.1 Å². The van der Waals surface area contributed by atoms with Gasteiger partial charge in [0.2, 0.25) is 0 Å². The molecule has 0 radical (unpaired) electrons. The molecule has 164 valence electrons. The number of benzene rings is 3. The number of fused-ring (bicyclic) bond motifs is 2. The SMILES string of the molecule is COc1cccc(COc2ccc3c(-c4cc5cc(Br)ccc5oc4=O)cc(=O)oc3c2)c1. The van der Waals surface area contributed by atoms with Crippen LogP contribution in [0.15, 0.2) is 95.7 Å². The van der Waals surface area contributed by atoms with Crippen LogP contribution < -0.4 is 20.7 Å². The Kier molecular flexibility index (Phi) is 5.48. The lowest BCUT2D eigenvalue weighted by atomic mass is 10.0. The highest BCUT2D eigenvalue weighted by Crippen LogP contribution is 2.30. The van der Waals surface area contributed by atoms with Gasteiger partial charge in [-0.2, -0.15) is 0 Å². The van der Waals surface area contributed by atoms with Crippen LogP contribution in [0.5, 0.6) is 11.5 Å². The highest BCUT2D eigenvalue weighted by atomic mass is 79.9. The Labute approximate surface area is 196 Å². The summed E-state index contributed by atoms with van der Waals surface area (Å²) < 4.78 is 22.8. The van der Waals surface area contributed by atoms with Crippen molar-refractivity contribution in [1.82, 2.24) is 0 Å². The van der Waals surface area contributed by atoms with Crippen molar-refractivity contribution in [3.8, 4) is 22.6 Å². The lowest BCUT2D eigenvalue weighted by Crippen LogP contribution is -2.06. The Morgan fingerprint density at radius 1 is 0.818 bits per heavy atom. The molecule has 0 amide bonds. The van der Waals surface area contributed by atoms with E-state index < -0.39 is 11.3 Å². The van der Waals surface area contributed by atoms with Crippen LogP contribution in [0.4, 0.5) is 0 Å². The summed E-state index contributed by atoms with van der Waals surface area (Å²) in [5, 5.41) is 1.34. The van der Waals surface area contributed by atoms with Gasteiger partial charge >= 0.3 is 11.3 Å². The molecule has 0 saturated heterocycles. The van der Waals surface area contributed by atoms with Crippen molar-refractivity contribution in [2.45, 2.75) is 6.61 Å². The third-order valence-electron chi connectivity index (χ3n) is 5.24. The molecule has 2 aromatic heterocycles. The van der Waals surface area contributed by atoms with Gasteiger partial charge in [0, 0.05) is 32.9 Å².